The molecule has 6 heteroatoms. The van der Waals surface area contributed by atoms with E-state index in [1.165, 1.54) is 25.3 Å². The van der Waals surface area contributed by atoms with E-state index in [9.17, 15) is 14.0 Å². The number of rotatable bonds is 3. The molecule has 2 rings (SSSR count). The van der Waals surface area contributed by atoms with Gasteiger partial charge in [0.2, 0.25) is 5.91 Å². The van der Waals surface area contributed by atoms with Crippen LogP contribution in [0.5, 0.6) is 0 Å². The molecule has 0 heterocycles. The number of amides is 1. The second kappa shape index (κ2) is 5.06. The number of ether oxygens (including phenoxy) is 1. The monoisotopic (exact) mass is 315 g/mol. The molecule has 0 unspecified atom stereocenters. The zero-order valence-electron chi connectivity index (χ0n) is 9.57. The number of halogens is 2. The van der Waals surface area contributed by atoms with Crippen LogP contribution in [0, 0.1) is 17.7 Å². The highest BCUT2D eigenvalue weighted by Gasteiger charge is 2.49. The minimum atomic E-state index is -0.390. The molecule has 1 aliphatic rings. The fraction of sp³-hybridized carbons (Fsp3) is 0.333. The predicted octanol–water partition coefficient (Wildman–Crippen LogP) is 2.34. The van der Waals surface area contributed by atoms with Gasteiger partial charge in [0.1, 0.15) is 5.82 Å². The Bertz CT molecular complexity index is 506. The lowest BCUT2D eigenvalue weighted by atomic mass is 10.2. The van der Waals surface area contributed by atoms with Crippen molar-refractivity contribution in [1.29, 1.82) is 0 Å². The molecule has 1 saturated carbocycles. The van der Waals surface area contributed by atoms with Crippen molar-refractivity contribution >= 4 is 33.5 Å². The lowest BCUT2D eigenvalue weighted by molar-refractivity contribution is -0.143. The van der Waals surface area contributed by atoms with E-state index in [-0.39, 0.29) is 23.7 Å². The quantitative estimate of drug-likeness (QED) is 0.871. The molecule has 0 bridgehead atoms. The topological polar surface area (TPSA) is 55.4 Å². The third kappa shape index (κ3) is 2.69. The van der Waals surface area contributed by atoms with Gasteiger partial charge in [0, 0.05) is 4.47 Å². The zero-order valence-corrected chi connectivity index (χ0v) is 11.2. The molecule has 4 nitrogen and oxygen atoms in total. The Kier molecular flexibility index (Phi) is 3.65. The number of anilines is 1. The first kappa shape index (κ1) is 13.0. The van der Waals surface area contributed by atoms with Gasteiger partial charge in [-0.1, -0.05) is 0 Å². The third-order valence-corrected chi connectivity index (χ3v) is 3.48. The lowest BCUT2D eigenvalue weighted by Gasteiger charge is -2.06. The summed E-state index contributed by atoms with van der Waals surface area (Å²) in [5.74, 6) is -1.71. The molecular weight excluding hydrogens is 305 g/mol. The molecule has 1 aromatic carbocycles. The van der Waals surface area contributed by atoms with Crippen LogP contribution in [0.1, 0.15) is 6.42 Å². The van der Waals surface area contributed by atoms with Crippen molar-refractivity contribution in [1.82, 2.24) is 0 Å². The molecule has 1 N–H and O–H groups in total. The summed E-state index contributed by atoms with van der Waals surface area (Å²) in [6.07, 6.45) is 0.497. The maximum absolute atomic E-state index is 12.9. The van der Waals surface area contributed by atoms with E-state index < -0.39 is 5.82 Å². The van der Waals surface area contributed by atoms with Gasteiger partial charge in [0.05, 0.1) is 24.6 Å². The van der Waals surface area contributed by atoms with Crippen molar-refractivity contribution in [3.8, 4) is 0 Å². The van der Waals surface area contributed by atoms with Crippen molar-refractivity contribution < 1.29 is 18.7 Å². The van der Waals surface area contributed by atoms with Crippen LogP contribution in [-0.4, -0.2) is 19.0 Å². The van der Waals surface area contributed by atoms with E-state index >= 15 is 0 Å². The molecule has 1 aromatic rings. The smallest absolute Gasteiger partial charge is 0.309 e. The normalized spacial score (nSPS) is 21.3. The second-order valence-corrected chi connectivity index (χ2v) is 4.94. The number of carbonyl (C=O) groups excluding carboxylic acids is 2. The molecule has 0 aromatic heterocycles. The van der Waals surface area contributed by atoms with Crippen molar-refractivity contribution in [3.05, 3.63) is 28.5 Å². The van der Waals surface area contributed by atoms with Crippen molar-refractivity contribution in [2.45, 2.75) is 6.42 Å². The molecule has 0 radical (unpaired) electrons. The highest BCUT2D eigenvalue weighted by molar-refractivity contribution is 9.10. The summed E-state index contributed by atoms with van der Waals surface area (Å²) in [7, 11) is 1.30. The Labute approximate surface area is 112 Å². The van der Waals surface area contributed by atoms with Gasteiger partial charge in [-0.25, -0.2) is 4.39 Å². The van der Waals surface area contributed by atoms with Crippen LogP contribution in [0.3, 0.4) is 0 Å². The van der Waals surface area contributed by atoms with E-state index in [1.807, 2.05) is 0 Å². The summed E-state index contributed by atoms with van der Waals surface area (Å²) >= 11 is 3.16. The van der Waals surface area contributed by atoms with Crippen LogP contribution in [-0.2, 0) is 14.3 Å². The van der Waals surface area contributed by atoms with Crippen molar-refractivity contribution in [3.63, 3.8) is 0 Å². The Hall–Kier alpha value is -1.43. The number of esters is 1. The van der Waals surface area contributed by atoms with Gasteiger partial charge in [-0.15, -0.1) is 0 Å². The minimum absolute atomic E-state index is 0.252. The number of hydrogen-bond acceptors (Lipinski definition) is 3. The number of benzene rings is 1. The standard InChI is InChI=1S/C12H11BrFNO3/c1-18-12(17)8-5-7(8)11(16)15-10-3-2-6(14)4-9(10)13/h2-4,7-8H,5H2,1H3,(H,15,16)/t7-,8-/m0/s1. The fourth-order valence-corrected chi connectivity index (χ4v) is 2.16. The lowest BCUT2D eigenvalue weighted by Crippen LogP contribution is -2.17. The number of carbonyl (C=O) groups is 2. The second-order valence-electron chi connectivity index (χ2n) is 4.09. The summed E-state index contributed by atoms with van der Waals surface area (Å²) in [4.78, 5) is 23.0. The maximum Gasteiger partial charge on any atom is 0.309 e. The van der Waals surface area contributed by atoms with Crippen LogP contribution in [0.15, 0.2) is 22.7 Å². The first-order valence-corrected chi connectivity index (χ1v) is 6.16. The van der Waals surface area contributed by atoms with Crippen LogP contribution in [0.25, 0.3) is 0 Å². The van der Waals surface area contributed by atoms with Crippen LogP contribution < -0.4 is 5.32 Å². The summed E-state index contributed by atoms with van der Waals surface area (Å²) in [5, 5.41) is 2.65. The maximum atomic E-state index is 12.9. The number of hydrogen-bond donors (Lipinski definition) is 1. The van der Waals surface area contributed by atoms with Crippen molar-refractivity contribution in [2.24, 2.45) is 11.8 Å². The number of nitrogens with one attached hydrogen (secondary N) is 1. The summed E-state index contributed by atoms with van der Waals surface area (Å²) in [6.45, 7) is 0. The zero-order chi connectivity index (χ0) is 13.3. The molecule has 2 atom stereocenters. The largest absolute Gasteiger partial charge is 0.469 e. The highest BCUT2D eigenvalue weighted by Crippen LogP contribution is 2.40. The molecule has 96 valence electrons. The highest BCUT2D eigenvalue weighted by atomic mass is 79.9. The molecule has 18 heavy (non-hydrogen) atoms. The van der Waals surface area contributed by atoms with Crippen molar-refractivity contribution in [2.75, 3.05) is 12.4 Å². The Balaban J connectivity index is 1.99. The fourth-order valence-electron chi connectivity index (χ4n) is 1.71. The van der Waals surface area contributed by atoms with E-state index in [0.717, 1.165) is 0 Å². The average Bonchev–Trinajstić information content (AvgIpc) is 3.12. The van der Waals surface area contributed by atoms with Crippen LogP contribution in [0.4, 0.5) is 10.1 Å². The van der Waals surface area contributed by atoms with Gasteiger partial charge >= 0.3 is 5.97 Å². The summed E-state index contributed by atoms with van der Waals surface area (Å²) < 4.78 is 17.9. The number of methoxy groups -OCH3 is 1. The third-order valence-electron chi connectivity index (χ3n) is 2.82. The van der Waals surface area contributed by atoms with Gasteiger partial charge in [0.15, 0.2) is 0 Å². The molecule has 0 spiro atoms. The Morgan fingerprint density at radius 2 is 2.17 bits per heavy atom. The molecule has 1 fully saturated rings. The van der Waals surface area contributed by atoms with Gasteiger partial charge in [-0.05, 0) is 40.5 Å². The Morgan fingerprint density at radius 1 is 1.44 bits per heavy atom. The van der Waals surface area contributed by atoms with E-state index in [4.69, 9.17) is 0 Å². The first-order valence-electron chi connectivity index (χ1n) is 5.36. The first-order chi connectivity index (χ1) is 8.52. The molecular formula is C12H11BrFNO3. The SMILES string of the molecule is COC(=O)[C@H]1C[C@@H]1C(=O)Nc1ccc(F)cc1Br. The van der Waals surface area contributed by atoms with E-state index in [1.54, 1.807) is 0 Å². The average molecular weight is 316 g/mol. The van der Waals surface area contributed by atoms with Crippen LogP contribution >= 0.6 is 15.9 Å². The molecule has 0 aliphatic heterocycles. The molecule has 0 saturated heterocycles. The summed E-state index contributed by atoms with van der Waals surface area (Å²) in [5.41, 5.74) is 0.483. The molecule has 1 amide bonds. The van der Waals surface area contributed by atoms with E-state index in [2.05, 4.69) is 26.0 Å². The minimum Gasteiger partial charge on any atom is -0.469 e. The van der Waals surface area contributed by atoms with Gasteiger partial charge in [-0.2, -0.15) is 0 Å². The summed E-state index contributed by atoms with van der Waals surface area (Å²) in [6, 6.07) is 3.98. The van der Waals surface area contributed by atoms with E-state index in [0.29, 0.717) is 16.6 Å². The van der Waals surface area contributed by atoms with Gasteiger partial charge in [0.25, 0.3) is 0 Å². The van der Waals surface area contributed by atoms with Gasteiger partial charge in [-0.3, -0.25) is 9.59 Å². The molecule has 1 aliphatic carbocycles. The predicted molar refractivity (Wildman–Crippen MR) is 66.3 cm³/mol. The van der Waals surface area contributed by atoms with Gasteiger partial charge < -0.3 is 10.1 Å². The Morgan fingerprint density at radius 3 is 2.78 bits per heavy atom. The van der Waals surface area contributed by atoms with Crippen LogP contribution in [0.2, 0.25) is 0 Å².